The van der Waals surface area contributed by atoms with Gasteiger partial charge in [-0.15, -0.1) is 0 Å². The molecule has 4 rings (SSSR count). The molecular weight excluding hydrogens is 364 g/mol. The van der Waals surface area contributed by atoms with E-state index in [1.54, 1.807) is 0 Å². The summed E-state index contributed by atoms with van der Waals surface area (Å²) in [6.45, 7) is 0.554. The van der Waals surface area contributed by atoms with Gasteiger partial charge in [-0.25, -0.2) is 0 Å². The number of benzene rings is 3. The lowest BCUT2D eigenvalue weighted by Crippen LogP contribution is -2.48. The molecule has 0 unspecified atom stereocenters. The van der Waals surface area contributed by atoms with Crippen molar-refractivity contribution in [3.63, 3.8) is 0 Å². The Balaban J connectivity index is 1.80. The molecule has 29 heavy (non-hydrogen) atoms. The Hall–Kier alpha value is -2.50. The average Bonchev–Trinajstić information content (AvgIpc) is 2.79. The van der Waals surface area contributed by atoms with Gasteiger partial charge in [-0.2, -0.15) is 0 Å². The summed E-state index contributed by atoms with van der Waals surface area (Å²) >= 11 is 0. The maximum Gasteiger partial charge on any atom is 0.143 e. The maximum absolute atomic E-state index is 10.4. The van der Waals surface area contributed by atoms with Crippen LogP contribution in [0.1, 0.15) is 23.1 Å². The molecule has 0 amide bonds. The fraction of sp³-hybridized carbons (Fsp3) is 0.280. The van der Waals surface area contributed by atoms with Crippen LogP contribution in [0.2, 0.25) is 0 Å². The van der Waals surface area contributed by atoms with Gasteiger partial charge in [0.25, 0.3) is 0 Å². The normalized spacial score (nSPS) is 22.3. The van der Waals surface area contributed by atoms with Crippen LogP contribution in [-0.2, 0) is 15.1 Å². The molecule has 0 radical (unpaired) electrons. The Bertz CT molecular complexity index is 786. The Morgan fingerprint density at radius 2 is 1.21 bits per heavy atom. The van der Waals surface area contributed by atoms with Crippen LogP contribution in [0.15, 0.2) is 91.0 Å². The molecule has 150 valence electrons. The van der Waals surface area contributed by atoms with Gasteiger partial charge in [-0.1, -0.05) is 91.0 Å². The lowest BCUT2D eigenvalue weighted by atomic mass is 9.80. The van der Waals surface area contributed by atoms with Gasteiger partial charge in [0.15, 0.2) is 0 Å². The molecule has 0 aromatic heterocycles. The molecule has 4 nitrogen and oxygen atoms in total. The quantitative estimate of drug-likeness (QED) is 0.633. The third kappa shape index (κ3) is 3.98. The molecule has 0 aliphatic carbocycles. The molecule has 1 aliphatic rings. The molecule has 3 aromatic carbocycles. The largest absolute Gasteiger partial charge is 0.390 e. The van der Waals surface area contributed by atoms with E-state index < -0.39 is 23.9 Å². The molecule has 3 aromatic rings. The molecule has 2 N–H and O–H groups in total. The minimum absolute atomic E-state index is 0.150. The topological polar surface area (TPSA) is 58.9 Å². The van der Waals surface area contributed by atoms with Gasteiger partial charge in [0, 0.05) is 6.61 Å². The lowest BCUT2D eigenvalue weighted by molar-refractivity contribution is -0.167. The highest BCUT2D eigenvalue weighted by molar-refractivity contribution is 5.47. The van der Waals surface area contributed by atoms with Crippen molar-refractivity contribution in [2.45, 2.75) is 30.3 Å². The molecule has 1 saturated heterocycles. The highest BCUT2D eigenvalue weighted by Gasteiger charge is 2.40. The summed E-state index contributed by atoms with van der Waals surface area (Å²) in [5, 5.41) is 20.4. The van der Waals surface area contributed by atoms with E-state index in [1.165, 1.54) is 0 Å². The molecule has 0 bridgehead atoms. The van der Waals surface area contributed by atoms with Gasteiger partial charge < -0.3 is 19.7 Å². The van der Waals surface area contributed by atoms with Gasteiger partial charge in [0.1, 0.15) is 17.8 Å². The number of hydrogen-bond donors (Lipinski definition) is 2. The zero-order valence-electron chi connectivity index (χ0n) is 16.2. The predicted molar refractivity (Wildman–Crippen MR) is 112 cm³/mol. The van der Waals surface area contributed by atoms with Crippen LogP contribution in [0, 0.1) is 0 Å². The molecule has 0 spiro atoms. The molecule has 1 aliphatic heterocycles. The van der Waals surface area contributed by atoms with E-state index in [9.17, 15) is 10.2 Å². The van der Waals surface area contributed by atoms with Crippen LogP contribution in [-0.4, -0.2) is 41.7 Å². The second-order valence-electron chi connectivity index (χ2n) is 7.35. The highest BCUT2D eigenvalue weighted by atomic mass is 16.6. The smallest absolute Gasteiger partial charge is 0.143 e. The maximum atomic E-state index is 10.4. The molecule has 1 heterocycles. The van der Waals surface area contributed by atoms with Crippen molar-refractivity contribution < 1.29 is 19.7 Å². The van der Waals surface area contributed by atoms with Crippen molar-refractivity contribution >= 4 is 0 Å². The van der Waals surface area contributed by atoms with Crippen LogP contribution < -0.4 is 0 Å². The van der Waals surface area contributed by atoms with E-state index >= 15 is 0 Å². The molecule has 1 fully saturated rings. The Morgan fingerprint density at radius 3 is 1.66 bits per heavy atom. The van der Waals surface area contributed by atoms with E-state index in [1.807, 2.05) is 91.0 Å². The SMILES string of the molecule is O[C@H]1[C@H](O)CCO[C@@H]1COC(c1ccccc1)(c1ccccc1)c1ccccc1. The van der Waals surface area contributed by atoms with Crippen LogP contribution >= 0.6 is 0 Å². The summed E-state index contributed by atoms with van der Waals surface area (Å²) < 4.78 is 12.4. The van der Waals surface area contributed by atoms with Gasteiger partial charge in [-0.05, 0) is 23.1 Å². The Labute approximate surface area is 171 Å². The van der Waals surface area contributed by atoms with E-state index in [0.717, 1.165) is 16.7 Å². The molecule has 3 atom stereocenters. The van der Waals surface area contributed by atoms with Gasteiger partial charge in [0.2, 0.25) is 0 Å². The van der Waals surface area contributed by atoms with E-state index in [-0.39, 0.29) is 6.61 Å². The lowest BCUT2D eigenvalue weighted by Gasteiger charge is -2.39. The van der Waals surface area contributed by atoms with Crippen molar-refractivity contribution in [2.75, 3.05) is 13.2 Å². The summed E-state index contributed by atoms with van der Waals surface area (Å²) in [6, 6.07) is 30.2. The first-order valence-electron chi connectivity index (χ1n) is 10.00. The third-order valence-electron chi connectivity index (χ3n) is 5.53. The second-order valence-corrected chi connectivity index (χ2v) is 7.35. The van der Waals surface area contributed by atoms with Crippen LogP contribution in [0.25, 0.3) is 0 Å². The number of ether oxygens (including phenoxy) is 2. The number of hydrogen-bond acceptors (Lipinski definition) is 4. The first kappa shape index (κ1) is 19.8. The standard InChI is InChI=1S/C25H26O4/c26-22-16-17-28-23(24(22)27)18-29-25(19-10-4-1-5-11-19,20-12-6-2-7-13-20)21-14-8-3-9-15-21/h1-15,22-24,26-27H,16-18H2/t22-,23-,24+/m1/s1. The van der Waals surface area contributed by atoms with Gasteiger partial charge in [-0.3, -0.25) is 0 Å². The fourth-order valence-electron chi connectivity index (χ4n) is 3.98. The van der Waals surface area contributed by atoms with Gasteiger partial charge >= 0.3 is 0 Å². The molecule has 4 heteroatoms. The predicted octanol–water partition coefficient (Wildman–Crippen LogP) is 3.51. The van der Waals surface area contributed by atoms with Crippen molar-refractivity contribution in [1.82, 2.24) is 0 Å². The summed E-state index contributed by atoms with van der Waals surface area (Å²) in [6.07, 6.45) is -1.92. The molecular formula is C25H26O4. The zero-order valence-corrected chi connectivity index (χ0v) is 16.2. The summed E-state index contributed by atoms with van der Waals surface area (Å²) in [4.78, 5) is 0. The highest BCUT2D eigenvalue weighted by Crippen LogP contribution is 2.40. The van der Waals surface area contributed by atoms with E-state index in [4.69, 9.17) is 9.47 Å². The number of aliphatic hydroxyl groups is 2. The molecule has 0 saturated carbocycles. The van der Waals surface area contributed by atoms with Crippen molar-refractivity contribution in [1.29, 1.82) is 0 Å². The van der Waals surface area contributed by atoms with Crippen molar-refractivity contribution in [3.05, 3.63) is 108 Å². The van der Waals surface area contributed by atoms with Gasteiger partial charge in [0.05, 0.1) is 12.7 Å². The van der Waals surface area contributed by atoms with Crippen LogP contribution in [0.3, 0.4) is 0 Å². The fourth-order valence-corrected chi connectivity index (χ4v) is 3.98. The minimum Gasteiger partial charge on any atom is -0.390 e. The van der Waals surface area contributed by atoms with E-state index in [0.29, 0.717) is 13.0 Å². The minimum atomic E-state index is -0.969. The number of aliphatic hydroxyl groups excluding tert-OH is 2. The zero-order chi connectivity index (χ0) is 20.1. The van der Waals surface area contributed by atoms with Crippen LogP contribution in [0.4, 0.5) is 0 Å². The van der Waals surface area contributed by atoms with Crippen molar-refractivity contribution in [3.8, 4) is 0 Å². The summed E-state index contributed by atoms with van der Waals surface area (Å²) in [7, 11) is 0. The average molecular weight is 390 g/mol. The van der Waals surface area contributed by atoms with Crippen LogP contribution in [0.5, 0.6) is 0 Å². The van der Waals surface area contributed by atoms with Crippen molar-refractivity contribution in [2.24, 2.45) is 0 Å². The Kier molecular flexibility index (Phi) is 6.07. The summed E-state index contributed by atoms with van der Waals surface area (Å²) in [5.74, 6) is 0. The monoisotopic (exact) mass is 390 g/mol. The Morgan fingerprint density at radius 1 is 0.759 bits per heavy atom. The van der Waals surface area contributed by atoms with E-state index in [2.05, 4.69) is 0 Å². The third-order valence-corrected chi connectivity index (χ3v) is 5.53. The second kappa shape index (κ2) is 8.89. The first-order chi connectivity index (χ1) is 14.2. The summed E-state index contributed by atoms with van der Waals surface area (Å²) in [5.41, 5.74) is 2.10. The number of rotatable bonds is 6. The first-order valence-corrected chi connectivity index (χ1v) is 10.00.